The van der Waals surface area contributed by atoms with Gasteiger partial charge in [0.05, 0.1) is 10.7 Å². The minimum Gasteiger partial charge on any atom is -0.367 e. The van der Waals surface area contributed by atoms with Gasteiger partial charge in [0.2, 0.25) is 0 Å². The van der Waals surface area contributed by atoms with E-state index in [-0.39, 0.29) is 0 Å². The highest BCUT2D eigenvalue weighted by Crippen LogP contribution is 2.28. The van der Waals surface area contributed by atoms with Crippen molar-refractivity contribution in [1.29, 1.82) is 0 Å². The average molecular weight is 444 g/mol. The number of aromatic nitrogens is 3. The van der Waals surface area contributed by atoms with E-state index in [1.165, 1.54) is 25.7 Å². The molecule has 28 heavy (non-hydrogen) atoms. The minimum atomic E-state index is 0.473. The minimum absolute atomic E-state index is 0.473. The molecule has 0 unspecified atom stereocenters. The van der Waals surface area contributed by atoms with Gasteiger partial charge in [0, 0.05) is 18.7 Å². The second-order valence-corrected chi connectivity index (χ2v) is 8.26. The molecule has 1 saturated carbocycles. The molecule has 0 bridgehead atoms. The first-order chi connectivity index (χ1) is 13.6. The molecule has 0 spiro atoms. The first-order valence-corrected chi connectivity index (χ1v) is 10.9. The van der Waals surface area contributed by atoms with E-state index >= 15 is 0 Å². The fourth-order valence-corrected chi connectivity index (χ4v) is 3.92. The number of nitrogens with one attached hydrogen (secondary N) is 2. The Balaban J connectivity index is 1.83. The van der Waals surface area contributed by atoms with Crippen LogP contribution in [0.3, 0.4) is 0 Å². The lowest BCUT2D eigenvalue weighted by Gasteiger charge is -2.30. The summed E-state index contributed by atoms with van der Waals surface area (Å²) in [5, 5.41) is 11.6. The number of fused-ring (bicyclic) bond motifs is 1. The van der Waals surface area contributed by atoms with Gasteiger partial charge in [0.15, 0.2) is 5.65 Å². The maximum atomic E-state index is 4.79. The van der Waals surface area contributed by atoms with Crippen LogP contribution in [0.15, 0.2) is 53.2 Å². The summed E-state index contributed by atoms with van der Waals surface area (Å²) in [5.74, 6) is 2.47. The monoisotopic (exact) mass is 443 g/mol. The van der Waals surface area contributed by atoms with Crippen molar-refractivity contribution in [2.75, 3.05) is 17.2 Å². The Morgan fingerprint density at radius 3 is 2.96 bits per heavy atom. The molecule has 2 aromatic rings. The normalized spacial score (nSPS) is 20.6. The highest BCUT2D eigenvalue weighted by atomic mass is 79.9. The van der Waals surface area contributed by atoms with Gasteiger partial charge >= 0.3 is 0 Å². The largest absolute Gasteiger partial charge is 0.367 e. The Bertz CT molecular complexity index is 867. The summed E-state index contributed by atoms with van der Waals surface area (Å²) in [6.45, 7) is 9.05. The summed E-state index contributed by atoms with van der Waals surface area (Å²) in [7, 11) is 0. The maximum absolute atomic E-state index is 4.79. The van der Waals surface area contributed by atoms with Crippen LogP contribution < -0.4 is 10.6 Å². The van der Waals surface area contributed by atoms with Crippen molar-refractivity contribution < 1.29 is 0 Å². The highest BCUT2D eigenvalue weighted by molar-refractivity contribution is 9.10. The molecule has 2 atom stereocenters. The van der Waals surface area contributed by atoms with Gasteiger partial charge in [-0.05, 0) is 46.7 Å². The van der Waals surface area contributed by atoms with Crippen molar-refractivity contribution in [2.45, 2.75) is 52.0 Å². The lowest BCUT2D eigenvalue weighted by atomic mass is 9.86. The summed E-state index contributed by atoms with van der Waals surface area (Å²) in [6, 6.07) is 2.53. The summed E-state index contributed by atoms with van der Waals surface area (Å²) < 4.78 is 2.73. The SMILES string of the molecule is C=C/C(=C\C=C/CC)CNc1cc(N[C@@H]2CCCC[C@H]2C)nc2c(Br)cnn12. The van der Waals surface area contributed by atoms with Crippen LogP contribution in [0.2, 0.25) is 0 Å². The molecule has 150 valence electrons. The lowest BCUT2D eigenvalue weighted by Crippen LogP contribution is -2.30. The topological polar surface area (TPSA) is 54.2 Å². The number of halogens is 1. The Morgan fingerprint density at radius 2 is 2.21 bits per heavy atom. The maximum Gasteiger partial charge on any atom is 0.173 e. The molecule has 0 aliphatic heterocycles. The smallest absolute Gasteiger partial charge is 0.173 e. The average Bonchev–Trinajstić information content (AvgIpc) is 3.07. The Morgan fingerprint density at radius 1 is 1.39 bits per heavy atom. The van der Waals surface area contributed by atoms with Gasteiger partial charge in [-0.25, -0.2) is 4.98 Å². The number of rotatable bonds is 8. The van der Waals surface area contributed by atoms with E-state index in [0.717, 1.165) is 33.7 Å². The third kappa shape index (κ3) is 5.04. The summed E-state index contributed by atoms with van der Waals surface area (Å²) >= 11 is 3.57. The molecule has 2 N–H and O–H groups in total. The van der Waals surface area contributed by atoms with Crippen LogP contribution in [-0.2, 0) is 0 Å². The fraction of sp³-hybridized carbons (Fsp3) is 0.455. The molecule has 1 fully saturated rings. The van der Waals surface area contributed by atoms with Gasteiger partial charge < -0.3 is 10.6 Å². The molecule has 0 saturated heterocycles. The molecule has 1 aliphatic carbocycles. The predicted molar refractivity (Wildman–Crippen MR) is 122 cm³/mol. The molecule has 3 rings (SSSR count). The quantitative estimate of drug-likeness (QED) is 0.493. The summed E-state index contributed by atoms with van der Waals surface area (Å²) in [4.78, 5) is 4.79. The first-order valence-electron chi connectivity index (χ1n) is 10.1. The molecule has 1 aliphatic rings. The van der Waals surface area contributed by atoms with Crippen LogP contribution in [0.4, 0.5) is 11.6 Å². The van der Waals surface area contributed by atoms with Gasteiger partial charge in [0.25, 0.3) is 0 Å². The zero-order valence-electron chi connectivity index (χ0n) is 16.8. The Labute approximate surface area is 176 Å². The number of allylic oxidation sites excluding steroid dienone is 3. The van der Waals surface area contributed by atoms with E-state index in [1.54, 1.807) is 6.20 Å². The molecule has 5 nitrogen and oxygen atoms in total. The second kappa shape index (κ2) is 9.92. The third-order valence-electron chi connectivity index (χ3n) is 5.29. The lowest BCUT2D eigenvalue weighted by molar-refractivity contribution is 0.349. The molecule has 2 aromatic heterocycles. The van der Waals surface area contributed by atoms with Crippen molar-refractivity contribution in [1.82, 2.24) is 14.6 Å². The van der Waals surface area contributed by atoms with Gasteiger partial charge in [-0.15, -0.1) is 0 Å². The summed E-state index contributed by atoms with van der Waals surface area (Å²) in [5.41, 5.74) is 1.93. The molecule has 2 heterocycles. The van der Waals surface area contributed by atoms with Crippen LogP contribution >= 0.6 is 15.9 Å². The van der Waals surface area contributed by atoms with Crippen molar-refractivity contribution in [3.05, 3.63) is 53.2 Å². The standard InChI is InChI=1S/C22H30BrN5/c1-4-6-7-11-17(5-2)14-24-21-13-20(26-19-12-9-8-10-16(19)3)27-22-18(23)15-25-28(21)22/h5-7,11,13,15-16,19,24H,2,4,8-10,12,14H2,1,3H3,(H,26,27)/b7-6-,17-11+/t16-,19-/m1/s1. The molecule has 0 radical (unpaired) electrons. The van der Waals surface area contributed by atoms with Gasteiger partial charge in [-0.2, -0.15) is 9.61 Å². The summed E-state index contributed by atoms with van der Waals surface area (Å²) in [6.07, 6.45) is 16.1. The second-order valence-electron chi connectivity index (χ2n) is 7.40. The van der Waals surface area contributed by atoms with E-state index in [2.05, 4.69) is 76.4 Å². The third-order valence-corrected chi connectivity index (χ3v) is 5.85. The van der Waals surface area contributed by atoms with Crippen molar-refractivity contribution in [2.24, 2.45) is 5.92 Å². The molecular weight excluding hydrogens is 414 g/mol. The van der Waals surface area contributed by atoms with Crippen molar-refractivity contribution >= 4 is 33.2 Å². The molecule has 0 amide bonds. The van der Waals surface area contributed by atoms with Crippen LogP contribution in [0.25, 0.3) is 5.65 Å². The van der Waals surface area contributed by atoms with E-state index in [9.17, 15) is 0 Å². The number of hydrogen-bond donors (Lipinski definition) is 2. The zero-order chi connectivity index (χ0) is 19.9. The van der Waals surface area contributed by atoms with E-state index < -0.39 is 0 Å². The van der Waals surface area contributed by atoms with Gasteiger partial charge in [-0.1, -0.05) is 57.6 Å². The zero-order valence-corrected chi connectivity index (χ0v) is 18.4. The number of anilines is 2. The van der Waals surface area contributed by atoms with Gasteiger partial charge in [0.1, 0.15) is 11.6 Å². The molecule has 0 aromatic carbocycles. The predicted octanol–water partition coefficient (Wildman–Crippen LogP) is 5.97. The molecule has 6 heteroatoms. The van der Waals surface area contributed by atoms with Crippen LogP contribution in [0.1, 0.15) is 46.0 Å². The van der Waals surface area contributed by atoms with Crippen LogP contribution in [0, 0.1) is 5.92 Å². The number of nitrogens with zero attached hydrogens (tertiary/aromatic N) is 3. The van der Waals surface area contributed by atoms with E-state index in [1.807, 2.05) is 10.6 Å². The van der Waals surface area contributed by atoms with E-state index in [4.69, 9.17) is 4.98 Å². The molecular formula is C22H30BrN5. The van der Waals surface area contributed by atoms with E-state index in [0.29, 0.717) is 18.5 Å². The van der Waals surface area contributed by atoms with Crippen LogP contribution in [-0.4, -0.2) is 27.2 Å². The van der Waals surface area contributed by atoms with Crippen molar-refractivity contribution in [3.8, 4) is 0 Å². The van der Waals surface area contributed by atoms with Crippen LogP contribution in [0.5, 0.6) is 0 Å². The fourth-order valence-electron chi connectivity index (χ4n) is 3.58. The Hall–Kier alpha value is -2.08. The first kappa shape index (κ1) is 20.6. The number of hydrogen-bond acceptors (Lipinski definition) is 4. The highest BCUT2D eigenvalue weighted by Gasteiger charge is 2.22. The van der Waals surface area contributed by atoms with Crippen molar-refractivity contribution in [3.63, 3.8) is 0 Å². The Kier molecular flexibility index (Phi) is 7.31. The van der Waals surface area contributed by atoms with Gasteiger partial charge in [-0.3, -0.25) is 0 Å².